The van der Waals surface area contributed by atoms with Crippen molar-refractivity contribution in [1.82, 2.24) is 5.32 Å². The van der Waals surface area contributed by atoms with Crippen LogP contribution in [0.3, 0.4) is 0 Å². The van der Waals surface area contributed by atoms with Crippen molar-refractivity contribution in [2.75, 3.05) is 12.3 Å². The van der Waals surface area contributed by atoms with Gasteiger partial charge in [0.15, 0.2) is 0 Å². The number of rotatable bonds is 4. The maximum atomic E-state index is 12.2. The minimum atomic E-state index is -0.754. The van der Waals surface area contributed by atoms with Gasteiger partial charge in [-0.2, -0.15) is 0 Å². The minimum absolute atomic E-state index is 0.161. The Labute approximate surface area is 126 Å². The van der Waals surface area contributed by atoms with Crippen molar-refractivity contribution in [3.05, 3.63) is 29.3 Å². The second kappa shape index (κ2) is 6.48. The van der Waals surface area contributed by atoms with Crippen molar-refractivity contribution in [3.63, 3.8) is 0 Å². The van der Waals surface area contributed by atoms with Crippen molar-refractivity contribution >= 4 is 11.6 Å². The molecule has 21 heavy (non-hydrogen) atoms. The normalized spacial score (nSPS) is 25.6. The second-order valence-corrected chi connectivity index (χ2v) is 6.28. The number of hydrogen-bond donors (Lipinski definition) is 3. The first kappa shape index (κ1) is 15.8. The number of carbonyl (C=O) groups excluding carboxylic acids is 1. The van der Waals surface area contributed by atoms with Crippen LogP contribution in [0.1, 0.15) is 54.9 Å². The molecule has 1 aliphatic carbocycles. The summed E-state index contributed by atoms with van der Waals surface area (Å²) in [7, 11) is 0. The number of hydrogen-bond acceptors (Lipinski definition) is 3. The SMILES string of the molecule is CCC1CCC(O)(CNC(=O)c2cccc(N)c2C)CC1. The van der Waals surface area contributed by atoms with Crippen LogP contribution in [0.5, 0.6) is 0 Å². The van der Waals surface area contributed by atoms with Crippen LogP contribution < -0.4 is 11.1 Å². The van der Waals surface area contributed by atoms with E-state index in [1.807, 2.05) is 6.92 Å². The van der Waals surface area contributed by atoms with E-state index in [0.29, 0.717) is 17.8 Å². The first-order valence-electron chi connectivity index (χ1n) is 7.81. The summed E-state index contributed by atoms with van der Waals surface area (Å²) in [6.07, 6.45) is 4.79. The number of amides is 1. The summed E-state index contributed by atoms with van der Waals surface area (Å²) in [5, 5.41) is 13.4. The molecule has 0 atom stereocenters. The fourth-order valence-electron chi connectivity index (χ4n) is 3.04. The summed E-state index contributed by atoms with van der Waals surface area (Å²) >= 11 is 0. The van der Waals surface area contributed by atoms with Crippen molar-refractivity contribution in [3.8, 4) is 0 Å². The fourth-order valence-corrected chi connectivity index (χ4v) is 3.04. The van der Waals surface area contributed by atoms with E-state index in [-0.39, 0.29) is 5.91 Å². The lowest BCUT2D eigenvalue weighted by atomic mass is 9.78. The van der Waals surface area contributed by atoms with E-state index >= 15 is 0 Å². The predicted molar refractivity (Wildman–Crippen MR) is 85.1 cm³/mol. The number of nitrogens with two attached hydrogens (primary N) is 1. The molecular formula is C17H26N2O2. The van der Waals surface area contributed by atoms with Gasteiger partial charge < -0.3 is 16.2 Å². The third kappa shape index (κ3) is 3.76. The molecule has 4 nitrogen and oxygen atoms in total. The van der Waals surface area contributed by atoms with Gasteiger partial charge in [0.2, 0.25) is 0 Å². The third-order valence-electron chi connectivity index (χ3n) is 4.81. The van der Waals surface area contributed by atoms with Crippen LogP contribution in [-0.4, -0.2) is 23.2 Å². The number of anilines is 1. The first-order chi connectivity index (χ1) is 9.95. The second-order valence-electron chi connectivity index (χ2n) is 6.28. The summed E-state index contributed by atoms with van der Waals surface area (Å²) in [4.78, 5) is 12.2. The molecule has 0 radical (unpaired) electrons. The average Bonchev–Trinajstić information content (AvgIpc) is 2.49. The summed E-state index contributed by atoms with van der Waals surface area (Å²) in [6.45, 7) is 4.35. The summed E-state index contributed by atoms with van der Waals surface area (Å²) in [6, 6.07) is 5.32. The molecule has 1 aromatic carbocycles. The first-order valence-corrected chi connectivity index (χ1v) is 7.81. The number of nitrogens with one attached hydrogen (secondary N) is 1. The summed E-state index contributed by atoms with van der Waals surface area (Å²) < 4.78 is 0. The van der Waals surface area contributed by atoms with Crippen molar-refractivity contribution in [1.29, 1.82) is 0 Å². The van der Waals surface area contributed by atoms with Crippen LogP contribution in [0.15, 0.2) is 18.2 Å². The monoisotopic (exact) mass is 290 g/mol. The molecule has 0 unspecified atom stereocenters. The maximum absolute atomic E-state index is 12.2. The number of nitrogen functional groups attached to an aromatic ring is 1. The molecule has 0 aliphatic heterocycles. The van der Waals surface area contributed by atoms with Crippen LogP contribution in [0.4, 0.5) is 5.69 Å². The van der Waals surface area contributed by atoms with Gasteiger partial charge in [0.25, 0.3) is 5.91 Å². The van der Waals surface area contributed by atoms with Gasteiger partial charge in [-0.3, -0.25) is 4.79 Å². The van der Waals surface area contributed by atoms with Gasteiger partial charge in [-0.1, -0.05) is 19.4 Å². The molecule has 0 heterocycles. The van der Waals surface area contributed by atoms with Crippen LogP contribution in [-0.2, 0) is 0 Å². The van der Waals surface area contributed by atoms with E-state index in [1.165, 1.54) is 6.42 Å². The lowest BCUT2D eigenvalue weighted by Crippen LogP contribution is -2.45. The van der Waals surface area contributed by atoms with Gasteiger partial charge in [0, 0.05) is 17.8 Å². The molecule has 2 rings (SSSR count). The van der Waals surface area contributed by atoms with Gasteiger partial charge in [-0.05, 0) is 56.2 Å². The molecule has 1 saturated carbocycles. The van der Waals surface area contributed by atoms with Crippen LogP contribution in [0.25, 0.3) is 0 Å². The summed E-state index contributed by atoms with van der Waals surface area (Å²) in [5.74, 6) is 0.558. The molecule has 0 saturated heterocycles. The Morgan fingerprint density at radius 2 is 2.10 bits per heavy atom. The Bertz CT molecular complexity index is 506. The van der Waals surface area contributed by atoms with Crippen LogP contribution >= 0.6 is 0 Å². The van der Waals surface area contributed by atoms with E-state index in [9.17, 15) is 9.90 Å². The Hall–Kier alpha value is -1.55. The highest BCUT2D eigenvalue weighted by Crippen LogP contribution is 2.33. The molecule has 4 heteroatoms. The highest BCUT2D eigenvalue weighted by atomic mass is 16.3. The number of aliphatic hydroxyl groups is 1. The molecule has 0 aromatic heterocycles. The average molecular weight is 290 g/mol. The topological polar surface area (TPSA) is 75.3 Å². The van der Waals surface area contributed by atoms with Gasteiger partial charge in [0.1, 0.15) is 0 Å². The standard InChI is InChI=1S/C17H26N2O2/c1-3-13-7-9-17(21,10-8-13)11-19-16(20)14-5-4-6-15(18)12(14)2/h4-6,13,21H,3,7-11,18H2,1-2H3,(H,19,20). The van der Waals surface area contributed by atoms with E-state index < -0.39 is 5.60 Å². The van der Waals surface area contributed by atoms with Gasteiger partial charge in [-0.15, -0.1) is 0 Å². The van der Waals surface area contributed by atoms with Gasteiger partial charge in [0.05, 0.1) is 5.60 Å². The van der Waals surface area contributed by atoms with Gasteiger partial charge >= 0.3 is 0 Å². The quantitative estimate of drug-likeness (QED) is 0.746. The molecule has 1 amide bonds. The minimum Gasteiger partial charge on any atom is -0.398 e. The zero-order valence-electron chi connectivity index (χ0n) is 13.0. The zero-order valence-corrected chi connectivity index (χ0v) is 13.0. The third-order valence-corrected chi connectivity index (χ3v) is 4.81. The summed E-state index contributed by atoms with van der Waals surface area (Å²) in [5.41, 5.74) is 7.06. The smallest absolute Gasteiger partial charge is 0.251 e. The Balaban J connectivity index is 1.94. The molecule has 4 N–H and O–H groups in total. The lowest BCUT2D eigenvalue weighted by Gasteiger charge is -2.35. The number of benzene rings is 1. The van der Waals surface area contributed by atoms with Crippen LogP contribution in [0, 0.1) is 12.8 Å². The van der Waals surface area contributed by atoms with Crippen LogP contribution in [0.2, 0.25) is 0 Å². The van der Waals surface area contributed by atoms with Crippen molar-refractivity contribution in [2.24, 2.45) is 5.92 Å². The molecule has 0 bridgehead atoms. The van der Waals surface area contributed by atoms with E-state index in [4.69, 9.17) is 5.73 Å². The van der Waals surface area contributed by atoms with E-state index in [2.05, 4.69) is 12.2 Å². The molecular weight excluding hydrogens is 264 g/mol. The largest absolute Gasteiger partial charge is 0.398 e. The predicted octanol–water partition coefficient (Wildman–Crippen LogP) is 2.64. The van der Waals surface area contributed by atoms with E-state index in [1.54, 1.807) is 18.2 Å². The maximum Gasteiger partial charge on any atom is 0.251 e. The van der Waals surface area contributed by atoms with E-state index in [0.717, 1.165) is 37.2 Å². The molecule has 1 aliphatic rings. The zero-order chi connectivity index (χ0) is 15.5. The highest BCUT2D eigenvalue weighted by Gasteiger charge is 2.33. The molecule has 0 spiro atoms. The highest BCUT2D eigenvalue weighted by molar-refractivity contribution is 5.96. The Morgan fingerprint density at radius 1 is 1.43 bits per heavy atom. The lowest BCUT2D eigenvalue weighted by molar-refractivity contribution is -0.00787. The van der Waals surface area contributed by atoms with Crippen molar-refractivity contribution in [2.45, 2.75) is 51.6 Å². The molecule has 1 aromatic rings. The number of carbonyl (C=O) groups is 1. The Kier molecular flexibility index (Phi) is 4.88. The Morgan fingerprint density at radius 3 is 2.71 bits per heavy atom. The van der Waals surface area contributed by atoms with Crippen molar-refractivity contribution < 1.29 is 9.90 Å². The fraction of sp³-hybridized carbons (Fsp3) is 0.588. The molecule has 116 valence electrons. The van der Waals surface area contributed by atoms with Gasteiger partial charge in [-0.25, -0.2) is 0 Å². The molecule has 1 fully saturated rings.